The van der Waals surface area contributed by atoms with E-state index in [2.05, 4.69) is 0 Å². The van der Waals surface area contributed by atoms with E-state index in [1.165, 1.54) is 18.4 Å². The van der Waals surface area contributed by atoms with Crippen LogP contribution in [0, 0.1) is 24.7 Å². The highest BCUT2D eigenvalue weighted by atomic mass is 35.5. The van der Waals surface area contributed by atoms with Crippen molar-refractivity contribution in [3.05, 3.63) is 35.4 Å². The van der Waals surface area contributed by atoms with Crippen LogP contribution in [-0.4, -0.2) is 11.2 Å². The largest absolute Gasteiger partial charge is 0.294 e. The van der Waals surface area contributed by atoms with Gasteiger partial charge in [-0.25, -0.2) is 0 Å². The summed E-state index contributed by atoms with van der Waals surface area (Å²) < 4.78 is 0. The van der Waals surface area contributed by atoms with E-state index in [0.29, 0.717) is 11.8 Å². The number of aryl methyl sites for hydroxylation is 1. The molecule has 1 aromatic carbocycles. The van der Waals surface area contributed by atoms with Crippen LogP contribution in [0.1, 0.15) is 35.2 Å². The molecule has 1 nitrogen and oxygen atoms in total. The number of ketones is 1. The maximum atomic E-state index is 12.5. The predicted molar refractivity (Wildman–Crippen MR) is 69.5 cm³/mol. The summed E-state index contributed by atoms with van der Waals surface area (Å²) >= 11 is 6.43. The van der Waals surface area contributed by atoms with Gasteiger partial charge in [0.1, 0.15) is 0 Å². The molecule has 3 rings (SSSR count). The van der Waals surface area contributed by atoms with Gasteiger partial charge in [0.2, 0.25) is 0 Å². The van der Waals surface area contributed by atoms with E-state index in [0.717, 1.165) is 12.0 Å². The summed E-state index contributed by atoms with van der Waals surface area (Å²) in [5.74, 6) is 1.45. The summed E-state index contributed by atoms with van der Waals surface area (Å²) in [6.45, 7) is 2.04. The van der Waals surface area contributed by atoms with E-state index in [9.17, 15) is 4.79 Å². The van der Waals surface area contributed by atoms with Crippen molar-refractivity contribution in [2.24, 2.45) is 17.8 Å². The second kappa shape index (κ2) is 4.13. The highest BCUT2D eigenvalue weighted by molar-refractivity contribution is 6.23. The Kier molecular flexibility index (Phi) is 2.74. The molecule has 2 heteroatoms. The van der Waals surface area contributed by atoms with Gasteiger partial charge in [0, 0.05) is 16.9 Å². The zero-order valence-electron chi connectivity index (χ0n) is 10.0. The lowest BCUT2D eigenvalue weighted by Gasteiger charge is -2.25. The first-order valence-corrected chi connectivity index (χ1v) is 6.85. The topological polar surface area (TPSA) is 17.1 Å². The minimum absolute atomic E-state index is 0.0677. The van der Waals surface area contributed by atoms with Gasteiger partial charge in [-0.3, -0.25) is 4.79 Å². The number of fused-ring (bicyclic) bond motifs is 2. The maximum Gasteiger partial charge on any atom is 0.167 e. The van der Waals surface area contributed by atoms with Crippen LogP contribution < -0.4 is 0 Å². The predicted octanol–water partition coefficient (Wildman–Crippen LogP) is 3.83. The van der Waals surface area contributed by atoms with Crippen LogP contribution in [0.3, 0.4) is 0 Å². The van der Waals surface area contributed by atoms with Crippen LogP contribution in [0.4, 0.5) is 0 Å². The number of alkyl halides is 1. The summed E-state index contributed by atoms with van der Waals surface area (Å²) in [6, 6.07) is 7.88. The quantitative estimate of drug-likeness (QED) is 0.574. The Hall–Kier alpha value is -0.820. The van der Waals surface area contributed by atoms with Gasteiger partial charge in [-0.05, 0) is 38.0 Å². The molecule has 0 amide bonds. The van der Waals surface area contributed by atoms with Crippen LogP contribution in [0.25, 0.3) is 0 Å². The van der Waals surface area contributed by atoms with Crippen LogP contribution in [0.2, 0.25) is 0 Å². The average molecular weight is 249 g/mol. The standard InChI is InChI=1S/C15H17ClO/c1-9-2-4-10(5-3-9)15(17)13-11-6-7-12(8-11)14(13)16/h2-5,11-14H,6-8H2,1H3/t11-,12+,13+,14-/m0/s1. The van der Waals surface area contributed by atoms with Gasteiger partial charge < -0.3 is 0 Å². The first-order valence-electron chi connectivity index (χ1n) is 6.42. The highest BCUT2D eigenvalue weighted by Crippen LogP contribution is 2.51. The van der Waals surface area contributed by atoms with Gasteiger partial charge in [0.05, 0.1) is 0 Å². The molecule has 17 heavy (non-hydrogen) atoms. The number of carbonyl (C=O) groups is 1. The van der Waals surface area contributed by atoms with E-state index in [4.69, 9.17) is 11.6 Å². The monoisotopic (exact) mass is 248 g/mol. The third-order valence-corrected chi connectivity index (χ3v) is 5.08. The molecule has 0 aromatic heterocycles. The fourth-order valence-electron chi connectivity index (χ4n) is 3.49. The Balaban J connectivity index is 1.85. The van der Waals surface area contributed by atoms with Crippen molar-refractivity contribution in [1.29, 1.82) is 0 Å². The van der Waals surface area contributed by atoms with E-state index >= 15 is 0 Å². The van der Waals surface area contributed by atoms with E-state index in [1.807, 2.05) is 31.2 Å². The molecule has 2 bridgehead atoms. The molecule has 2 saturated carbocycles. The molecule has 2 aliphatic rings. The number of benzene rings is 1. The van der Waals surface area contributed by atoms with Crippen molar-refractivity contribution in [3.8, 4) is 0 Å². The maximum absolute atomic E-state index is 12.5. The first-order chi connectivity index (χ1) is 8.16. The van der Waals surface area contributed by atoms with Gasteiger partial charge >= 0.3 is 0 Å². The number of rotatable bonds is 2. The lowest BCUT2D eigenvalue weighted by molar-refractivity contribution is 0.0878. The van der Waals surface area contributed by atoms with Gasteiger partial charge in [0.25, 0.3) is 0 Å². The summed E-state index contributed by atoms with van der Waals surface area (Å²) in [5.41, 5.74) is 2.02. The Labute approximate surface area is 107 Å². The molecule has 0 spiro atoms. The molecule has 4 atom stereocenters. The van der Waals surface area contributed by atoms with E-state index < -0.39 is 0 Å². The van der Waals surface area contributed by atoms with Gasteiger partial charge in [-0.15, -0.1) is 11.6 Å². The normalized spacial score (nSPS) is 35.2. The van der Waals surface area contributed by atoms with Gasteiger partial charge in [-0.2, -0.15) is 0 Å². The number of hydrogen-bond donors (Lipinski definition) is 0. The van der Waals surface area contributed by atoms with E-state index in [1.54, 1.807) is 0 Å². The number of carbonyl (C=O) groups excluding carboxylic acids is 1. The smallest absolute Gasteiger partial charge is 0.167 e. The zero-order valence-corrected chi connectivity index (χ0v) is 10.8. The molecular weight excluding hydrogens is 232 g/mol. The summed E-state index contributed by atoms with van der Waals surface area (Å²) in [7, 11) is 0. The fourth-order valence-corrected chi connectivity index (χ4v) is 4.04. The Morgan fingerprint density at radius 1 is 1.18 bits per heavy atom. The Bertz CT molecular complexity index is 435. The SMILES string of the molecule is Cc1ccc(C(=O)[C@@H]2[C@H]3CC[C@H](C3)[C@@H]2Cl)cc1. The highest BCUT2D eigenvalue weighted by Gasteiger charge is 2.49. The lowest BCUT2D eigenvalue weighted by Crippen LogP contribution is -2.30. The Morgan fingerprint density at radius 2 is 1.82 bits per heavy atom. The molecule has 0 aliphatic heterocycles. The summed E-state index contributed by atoms with van der Waals surface area (Å²) in [6.07, 6.45) is 3.57. The number of halogens is 1. The van der Waals surface area contributed by atoms with Crippen LogP contribution in [-0.2, 0) is 0 Å². The molecular formula is C15H17ClO. The zero-order chi connectivity index (χ0) is 12.0. The van der Waals surface area contributed by atoms with Crippen LogP contribution in [0.15, 0.2) is 24.3 Å². The minimum Gasteiger partial charge on any atom is -0.294 e. The average Bonchev–Trinajstić information content (AvgIpc) is 2.89. The van der Waals surface area contributed by atoms with Crippen molar-refractivity contribution in [3.63, 3.8) is 0 Å². The molecule has 0 unspecified atom stereocenters. The molecule has 2 aliphatic carbocycles. The van der Waals surface area contributed by atoms with Crippen LogP contribution >= 0.6 is 11.6 Å². The molecule has 0 radical (unpaired) electrons. The summed E-state index contributed by atoms with van der Waals surface area (Å²) in [5, 5.41) is 0.0718. The third-order valence-electron chi connectivity index (χ3n) is 4.45. The molecule has 2 fully saturated rings. The van der Waals surface area contributed by atoms with Crippen molar-refractivity contribution < 1.29 is 4.79 Å². The second-order valence-electron chi connectivity index (χ2n) is 5.53. The van der Waals surface area contributed by atoms with Gasteiger partial charge in [-0.1, -0.05) is 29.8 Å². The molecule has 0 N–H and O–H groups in total. The molecule has 1 aromatic rings. The van der Waals surface area contributed by atoms with Crippen molar-refractivity contribution in [2.45, 2.75) is 31.6 Å². The number of hydrogen-bond acceptors (Lipinski definition) is 1. The van der Waals surface area contributed by atoms with E-state index in [-0.39, 0.29) is 17.1 Å². The molecule has 0 heterocycles. The molecule has 90 valence electrons. The van der Waals surface area contributed by atoms with Gasteiger partial charge in [0.15, 0.2) is 5.78 Å². The van der Waals surface area contributed by atoms with Crippen molar-refractivity contribution in [1.82, 2.24) is 0 Å². The third kappa shape index (κ3) is 1.81. The second-order valence-corrected chi connectivity index (χ2v) is 6.04. The fraction of sp³-hybridized carbons (Fsp3) is 0.533. The summed E-state index contributed by atoms with van der Waals surface area (Å²) in [4.78, 5) is 12.5. The lowest BCUT2D eigenvalue weighted by atomic mass is 9.83. The number of Topliss-reactive ketones (excluding diaryl/α,β-unsaturated/α-hetero) is 1. The molecule has 0 saturated heterocycles. The van der Waals surface area contributed by atoms with Crippen molar-refractivity contribution >= 4 is 17.4 Å². The Morgan fingerprint density at radius 3 is 2.41 bits per heavy atom. The first kappa shape index (κ1) is 11.3. The van der Waals surface area contributed by atoms with Crippen molar-refractivity contribution in [2.75, 3.05) is 0 Å². The van der Waals surface area contributed by atoms with Crippen LogP contribution in [0.5, 0.6) is 0 Å². The minimum atomic E-state index is 0.0677.